The Bertz CT molecular complexity index is 1530. The maximum atomic E-state index is 14.5. The van der Waals surface area contributed by atoms with Crippen molar-refractivity contribution in [2.24, 2.45) is 5.73 Å². The minimum absolute atomic E-state index is 0.0885. The van der Waals surface area contributed by atoms with Crippen molar-refractivity contribution in [1.29, 1.82) is 0 Å². The molecule has 2 aromatic carbocycles. The Balaban J connectivity index is 0.00000112. The first-order valence-electron chi connectivity index (χ1n) is 12.1. The van der Waals surface area contributed by atoms with Gasteiger partial charge in [-0.05, 0) is 55.0 Å². The zero-order valence-corrected chi connectivity index (χ0v) is 21.0. The van der Waals surface area contributed by atoms with Crippen LogP contribution in [-0.4, -0.2) is 33.7 Å². The van der Waals surface area contributed by atoms with Crippen LogP contribution >= 0.6 is 0 Å². The number of nitrogens with zero attached hydrogens (tertiary/aromatic N) is 3. The van der Waals surface area contributed by atoms with Crippen LogP contribution in [0.15, 0.2) is 55.2 Å². The predicted octanol–water partition coefficient (Wildman–Crippen LogP) is 6.39. The third kappa shape index (κ3) is 6.24. The number of halogens is 5. The van der Waals surface area contributed by atoms with Crippen LogP contribution in [0, 0.1) is 18.6 Å². The number of benzene rings is 2. The van der Waals surface area contributed by atoms with Gasteiger partial charge >= 0.3 is 6.18 Å². The smallest absolute Gasteiger partial charge is 0.382 e. The number of aromatic nitrogens is 3. The molecule has 2 aromatic heterocycles. The van der Waals surface area contributed by atoms with Crippen LogP contribution < -0.4 is 11.1 Å². The Labute approximate surface area is 221 Å². The lowest BCUT2D eigenvalue weighted by molar-refractivity contribution is -0.131. The fourth-order valence-electron chi connectivity index (χ4n) is 4.34. The summed E-state index contributed by atoms with van der Waals surface area (Å²) in [5.41, 5.74) is 8.81. The molecular formula is C28H26F5N5O. The number of hydrogen-bond donors (Lipinski definition) is 2. The molecule has 1 fully saturated rings. The molecule has 0 aliphatic heterocycles. The Kier molecular flexibility index (Phi) is 7.98. The zero-order chi connectivity index (χ0) is 28.3. The molecule has 0 bridgehead atoms. The van der Waals surface area contributed by atoms with Gasteiger partial charge in [-0.2, -0.15) is 18.3 Å². The fraction of sp³-hybridized carbons (Fsp3) is 0.250. The molecule has 39 heavy (non-hydrogen) atoms. The molecule has 0 unspecified atom stereocenters. The van der Waals surface area contributed by atoms with E-state index in [1.165, 1.54) is 41.1 Å². The number of carbonyl (C=O) groups excluding carboxylic acids is 1. The van der Waals surface area contributed by atoms with Gasteiger partial charge in [-0.3, -0.25) is 4.79 Å². The summed E-state index contributed by atoms with van der Waals surface area (Å²) < 4.78 is 68.2. The lowest BCUT2D eigenvalue weighted by Gasteiger charge is -2.14. The van der Waals surface area contributed by atoms with Crippen LogP contribution in [0.1, 0.15) is 47.6 Å². The van der Waals surface area contributed by atoms with E-state index in [4.69, 9.17) is 4.79 Å². The third-order valence-corrected chi connectivity index (χ3v) is 6.36. The average Bonchev–Trinajstić information content (AvgIpc) is 3.63. The highest BCUT2D eigenvalue weighted by Crippen LogP contribution is 2.42. The van der Waals surface area contributed by atoms with Crippen LogP contribution in [0.5, 0.6) is 0 Å². The number of amides is 1. The summed E-state index contributed by atoms with van der Waals surface area (Å²) in [7, 11) is 0. The highest BCUT2D eigenvalue weighted by molar-refractivity contribution is 5.81. The summed E-state index contributed by atoms with van der Waals surface area (Å²) in [6.07, 6.45) is -1.20. The first-order valence-corrected chi connectivity index (χ1v) is 12.1. The lowest BCUT2D eigenvalue weighted by Crippen LogP contribution is -2.15. The van der Waals surface area contributed by atoms with Crippen molar-refractivity contribution >= 4 is 23.3 Å². The minimum Gasteiger partial charge on any atom is -0.382 e. The molecular weight excluding hydrogens is 517 g/mol. The molecule has 1 amide bonds. The summed E-state index contributed by atoms with van der Waals surface area (Å²) in [6.45, 7) is 5.54. The van der Waals surface area contributed by atoms with Crippen LogP contribution in [0.3, 0.4) is 0 Å². The number of rotatable bonds is 7. The van der Waals surface area contributed by atoms with Gasteiger partial charge in [0.25, 0.3) is 0 Å². The molecule has 0 saturated heterocycles. The molecule has 0 spiro atoms. The standard InChI is InChI=1S/C27H23F5N4.CH3NO/c1-15-12-18(8-9-19(15)17-6-7-17)24-14-34-26-23(33-11-10-27(30,31)32)13-22(35-36(24)26)16(2)20-4-3-5-21(28)25(20)29;2-1-3/h3-5,8-9,12-14,17,33H,2,6-7,10-11H2,1H3;1H,(H2,2,3). The van der Waals surface area contributed by atoms with Crippen molar-refractivity contribution in [1.82, 2.24) is 14.6 Å². The highest BCUT2D eigenvalue weighted by Gasteiger charge is 2.27. The van der Waals surface area contributed by atoms with Crippen molar-refractivity contribution in [2.75, 3.05) is 11.9 Å². The molecule has 11 heteroatoms. The number of primary amides is 1. The first kappa shape index (κ1) is 27.7. The van der Waals surface area contributed by atoms with Crippen LogP contribution in [0.2, 0.25) is 0 Å². The summed E-state index contributed by atoms with van der Waals surface area (Å²) in [5.74, 6) is -1.53. The number of nitrogens with one attached hydrogen (secondary N) is 1. The number of hydrogen-bond acceptors (Lipinski definition) is 4. The quantitative estimate of drug-likeness (QED) is 0.209. The molecule has 1 saturated carbocycles. The maximum Gasteiger partial charge on any atom is 0.390 e. The minimum atomic E-state index is -4.34. The van der Waals surface area contributed by atoms with E-state index in [1.54, 1.807) is 6.20 Å². The van der Waals surface area contributed by atoms with Gasteiger partial charge in [0.15, 0.2) is 17.3 Å². The summed E-state index contributed by atoms with van der Waals surface area (Å²) in [5, 5.41) is 7.35. The second kappa shape index (κ2) is 11.2. The number of anilines is 1. The molecule has 0 radical (unpaired) electrons. The maximum absolute atomic E-state index is 14.5. The molecule has 204 valence electrons. The molecule has 1 aliphatic rings. The zero-order valence-electron chi connectivity index (χ0n) is 21.0. The summed E-state index contributed by atoms with van der Waals surface area (Å²) >= 11 is 0. The van der Waals surface area contributed by atoms with Gasteiger partial charge in [0.2, 0.25) is 6.41 Å². The summed E-state index contributed by atoms with van der Waals surface area (Å²) in [6, 6.07) is 11.3. The monoisotopic (exact) mass is 543 g/mol. The number of carbonyl (C=O) groups is 1. The van der Waals surface area contributed by atoms with Gasteiger partial charge < -0.3 is 11.1 Å². The number of aryl methyl sites for hydroxylation is 1. The van der Waals surface area contributed by atoms with Crippen LogP contribution in [0.4, 0.5) is 27.6 Å². The second-order valence-corrected chi connectivity index (χ2v) is 9.18. The van der Waals surface area contributed by atoms with E-state index in [0.717, 1.165) is 17.2 Å². The Morgan fingerprint density at radius 1 is 1.21 bits per heavy atom. The highest BCUT2D eigenvalue weighted by atomic mass is 19.4. The van der Waals surface area contributed by atoms with Gasteiger partial charge in [-0.1, -0.05) is 30.8 Å². The SMILES string of the molecule is C=C(c1cc(NCCC(F)(F)F)c2ncc(-c3ccc(C4CC4)c(C)c3)n2n1)c1cccc(F)c1F.NC=O. The van der Waals surface area contributed by atoms with Gasteiger partial charge in [0, 0.05) is 23.2 Å². The molecule has 2 heterocycles. The van der Waals surface area contributed by atoms with Crippen molar-refractivity contribution < 1.29 is 26.7 Å². The van der Waals surface area contributed by atoms with E-state index in [1.807, 2.05) is 19.1 Å². The Morgan fingerprint density at radius 2 is 1.92 bits per heavy atom. The number of alkyl halides is 3. The Hall–Kier alpha value is -4.28. The molecule has 6 nitrogen and oxygen atoms in total. The third-order valence-electron chi connectivity index (χ3n) is 6.36. The average molecular weight is 544 g/mol. The van der Waals surface area contributed by atoms with Crippen LogP contribution in [-0.2, 0) is 4.79 Å². The van der Waals surface area contributed by atoms with E-state index in [-0.39, 0.29) is 35.5 Å². The van der Waals surface area contributed by atoms with Crippen molar-refractivity contribution in [3.63, 3.8) is 0 Å². The molecule has 3 N–H and O–H groups in total. The van der Waals surface area contributed by atoms with E-state index in [2.05, 4.69) is 33.8 Å². The second-order valence-electron chi connectivity index (χ2n) is 9.18. The van der Waals surface area contributed by atoms with Gasteiger partial charge in [-0.25, -0.2) is 18.3 Å². The van der Waals surface area contributed by atoms with Gasteiger partial charge in [0.1, 0.15) is 0 Å². The largest absolute Gasteiger partial charge is 0.390 e. The van der Waals surface area contributed by atoms with E-state index in [9.17, 15) is 22.0 Å². The molecule has 4 aromatic rings. The summed E-state index contributed by atoms with van der Waals surface area (Å²) in [4.78, 5) is 13.0. The topological polar surface area (TPSA) is 85.3 Å². The first-order chi connectivity index (χ1) is 18.5. The number of nitrogens with two attached hydrogens (primary N) is 1. The molecule has 0 atom stereocenters. The fourth-order valence-corrected chi connectivity index (χ4v) is 4.34. The molecule has 1 aliphatic carbocycles. The van der Waals surface area contributed by atoms with Crippen molar-refractivity contribution in [3.05, 3.63) is 89.3 Å². The lowest BCUT2D eigenvalue weighted by atomic mass is 10.0. The number of imidazole rings is 1. The van der Waals surface area contributed by atoms with Gasteiger partial charge in [0.05, 0.1) is 29.7 Å². The normalized spacial score (nSPS) is 13.1. The van der Waals surface area contributed by atoms with Gasteiger partial charge in [-0.15, -0.1) is 0 Å². The molecule has 5 rings (SSSR count). The van der Waals surface area contributed by atoms with E-state index < -0.39 is 24.2 Å². The van der Waals surface area contributed by atoms with E-state index in [0.29, 0.717) is 17.3 Å². The van der Waals surface area contributed by atoms with Crippen molar-refractivity contribution in [3.8, 4) is 11.3 Å². The Morgan fingerprint density at radius 3 is 2.56 bits per heavy atom. The predicted molar refractivity (Wildman–Crippen MR) is 139 cm³/mol. The van der Waals surface area contributed by atoms with E-state index >= 15 is 0 Å². The van der Waals surface area contributed by atoms with Crippen molar-refractivity contribution in [2.45, 2.75) is 38.3 Å². The van der Waals surface area contributed by atoms with Crippen LogP contribution in [0.25, 0.3) is 22.5 Å². The number of fused-ring (bicyclic) bond motifs is 1.